The van der Waals surface area contributed by atoms with Crippen LogP contribution in [0.5, 0.6) is 11.5 Å². The van der Waals surface area contributed by atoms with Crippen LogP contribution in [0.2, 0.25) is 0 Å². The van der Waals surface area contributed by atoms with Gasteiger partial charge in [-0.3, -0.25) is 4.79 Å². The van der Waals surface area contributed by atoms with Gasteiger partial charge in [0.1, 0.15) is 24.7 Å². The first-order valence-electron chi connectivity index (χ1n) is 9.54. The predicted octanol–water partition coefficient (Wildman–Crippen LogP) is 3.27. The zero-order chi connectivity index (χ0) is 18.6. The van der Waals surface area contributed by atoms with Gasteiger partial charge in [0.15, 0.2) is 11.5 Å². The van der Waals surface area contributed by atoms with E-state index < -0.39 is 0 Å². The molecule has 2 aliphatic rings. The molecule has 7 heteroatoms. The number of fused-ring (bicyclic) bond motifs is 1. The molecule has 0 aliphatic carbocycles. The van der Waals surface area contributed by atoms with Crippen molar-refractivity contribution in [1.82, 2.24) is 9.97 Å². The number of carbonyl (C=O) groups excluding carboxylic acids is 1. The Morgan fingerprint density at radius 1 is 1.19 bits per heavy atom. The fourth-order valence-electron chi connectivity index (χ4n) is 3.63. The summed E-state index contributed by atoms with van der Waals surface area (Å²) in [6.45, 7) is 4.24. The molecule has 27 heavy (non-hydrogen) atoms. The molecule has 1 aromatic carbocycles. The third-order valence-corrected chi connectivity index (χ3v) is 5.06. The highest BCUT2D eigenvalue weighted by molar-refractivity contribution is 6.02. The molecule has 1 fully saturated rings. The molecule has 3 heterocycles. The molecule has 1 aromatic heterocycles. The van der Waals surface area contributed by atoms with Gasteiger partial charge in [0, 0.05) is 24.3 Å². The zero-order valence-corrected chi connectivity index (χ0v) is 15.5. The lowest BCUT2D eigenvalue weighted by Gasteiger charge is -2.35. The van der Waals surface area contributed by atoms with Crippen LogP contribution in [0.15, 0.2) is 30.6 Å². The molecule has 4 rings (SSSR count). The maximum atomic E-state index is 12.5. The number of hydrogen-bond acceptors (Lipinski definition) is 6. The molecule has 0 saturated carbocycles. The Labute approximate surface area is 158 Å². The molecule has 1 amide bonds. The van der Waals surface area contributed by atoms with E-state index in [0.29, 0.717) is 42.1 Å². The number of amides is 1. The summed E-state index contributed by atoms with van der Waals surface area (Å²) in [5.41, 5.74) is 0.927. The Morgan fingerprint density at radius 2 is 2.04 bits per heavy atom. The summed E-state index contributed by atoms with van der Waals surface area (Å²) in [6.07, 6.45) is 7.96. The minimum atomic E-state index is -0.295. The molecular formula is C20H24N4O3. The van der Waals surface area contributed by atoms with E-state index in [2.05, 4.69) is 27.1 Å². The summed E-state index contributed by atoms with van der Waals surface area (Å²) in [5, 5.41) is 2.84. The quantitative estimate of drug-likeness (QED) is 0.893. The molecule has 2 aromatic rings. The standard InChI is InChI=1S/C20H24N4O3/c1-2-15-5-3-4-8-24(15)19-13-21-16(12-22-19)20(25)23-14-6-7-17-18(11-14)27-10-9-26-17/h6-7,11-13,15H,2-5,8-10H2,1H3,(H,23,25). The lowest BCUT2D eigenvalue weighted by atomic mass is 10.0. The highest BCUT2D eigenvalue weighted by Crippen LogP contribution is 2.32. The second kappa shape index (κ2) is 7.82. The van der Waals surface area contributed by atoms with E-state index in [9.17, 15) is 4.79 Å². The van der Waals surface area contributed by atoms with Crippen molar-refractivity contribution in [3.63, 3.8) is 0 Å². The van der Waals surface area contributed by atoms with E-state index in [-0.39, 0.29) is 5.91 Å². The van der Waals surface area contributed by atoms with Crippen LogP contribution in [0.4, 0.5) is 11.5 Å². The van der Waals surface area contributed by atoms with Gasteiger partial charge in [-0.05, 0) is 37.8 Å². The minimum absolute atomic E-state index is 0.290. The first kappa shape index (κ1) is 17.6. The van der Waals surface area contributed by atoms with Gasteiger partial charge in [-0.1, -0.05) is 6.92 Å². The first-order chi connectivity index (χ1) is 13.2. The Bertz CT molecular complexity index is 809. The summed E-state index contributed by atoms with van der Waals surface area (Å²) < 4.78 is 11.0. The highest BCUT2D eigenvalue weighted by atomic mass is 16.6. The van der Waals surface area contributed by atoms with Gasteiger partial charge in [0.25, 0.3) is 5.91 Å². The van der Waals surface area contributed by atoms with Gasteiger partial charge in [-0.25, -0.2) is 9.97 Å². The molecule has 0 spiro atoms. The molecule has 1 N–H and O–H groups in total. The van der Waals surface area contributed by atoms with Crippen molar-refractivity contribution in [2.24, 2.45) is 0 Å². The average Bonchev–Trinajstić information content (AvgIpc) is 2.73. The summed E-state index contributed by atoms with van der Waals surface area (Å²) in [5.74, 6) is 1.88. The number of ether oxygens (including phenoxy) is 2. The van der Waals surface area contributed by atoms with Crippen molar-refractivity contribution in [2.45, 2.75) is 38.6 Å². The van der Waals surface area contributed by atoms with E-state index in [4.69, 9.17) is 9.47 Å². The number of anilines is 2. The van der Waals surface area contributed by atoms with Crippen LogP contribution in [-0.2, 0) is 0 Å². The van der Waals surface area contributed by atoms with Crippen molar-refractivity contribution in [1.29, 1.82) is 0 Å². The van der Waals surface area contributed by atoms with Crippen LogP contribution < -0.4 is 19.7 Å². The molecule has 2 aliphatic heterocycles. The van der Waals surface area contributed by atoms with E-state index in [1.807, 2.05) is 0 Å². The lowest BCUT2D eigenvalue weighted by Crippen LogP contribution is -2.39. The van der Waals surface area contributed by atoms with Crippen LogP contribution in [0.3, 0.4) is 0 Å². The van der Waals surface area contributed by atoms with Gasteiger partial charge in [-0.2, -0.15) is 0 Å². The van der Waals surface area contributed by atoms with E-state index in [1.165, 1.54) is 19.3 Å². The fraction of sp³-hybridized carbons (Fsp3) is 0.450. The van der Waals surface area contributed by atoms with Crippen LogP contribution >= 0.6 is 0 Å². The molecule has 1 unspecified atom stereocenters. The molecule has 7 nitrogen and oxygen atoms in total. The van der Waals surface area contributed by atoms with Gasteiger partial charge < -0.3 is 19.7 Å². The minimum Gasteiger partial charge on any atom is -0.486 e. The van der Waals surface area contributed by atoms with Crippen LogP contribution in [0.25, 0.3) is 0 Å². The summed E-state index contributed by atoms with van der Waals surface area (Å²) >= 11 is 0. The predicted molar refractivity (Wildman–Crippen MR) is 103 cm³/mol. The Hall–Kier alpha value is -2.83. The lowest BCUT2D eigenvalue weighted by molar-refractivity contribution is 0.102. The SMILES string of the molecule is CCC1CCCCN1c1cnc(C(=O)Nc2ccc3c(c2)OCCO3)cn1. The third kappa shape index (κ3) is 3.82. The van der Waals surface area contributed by atoms with Crippen LogP contribution in [0, 0.1) is 0 Å². The van der Waals surface area contributed by atoms with Gasteiger partial charge in [-0.15, -0.1) is 0 Å². The van der Waals surface area contributed by atoms with Crippen molar-refractivity contribution >= 4 is 17.4 Å². The number of carbonyl (C=O) groups is 1. The highest BCUT2D eigenvalue weighted by Gasteiger charge is 2.22. The molecule has 142 valence electrons. The number of nitrogens with zero attached hydrogens (tertiary/aromatic N) is 3. The second-order valence-electron chi connectivity index (χ2n) is 6.82. The van der Waals surface area contributed by atoms with E-state index in [1.54, 1.807) is 30.6 Å². The van der Waals surface area contributed by atoms with Gasteiger partial charge in [0.2, 0.25) is 0 Å². The van der Waals surface area contributed by atoms with Crippen molar-refractivity contribution in [2.75, 3.05) is 30.0 Å². The average molecular weight is 368 g/mol. The van der Waals surface area contributed by atoms with Gasteiger partial charge in [0.05, 0.1) is 12.4 Å². The summed E-state index contributed by atoms with van der Waals surface area (Å²) in [6, 6.07) is 5.84. The molecule has 1 atom stereocenters. The number of aromatic nitrogens is 2. The van der Waals surface area contributed by atoms with E-state index in [0.717, 1.165) is 18.8 Å². The molecule has 0 bridgehead atoms. The number of nitrogens with one attached hydrogen (secondary N) is 1. The second-order valence-corrected chi connectivity index (χ2v) is 6.82. The van der Waals surface area contributed by atoms with Crippen LogP contribution in [-0.4, -0.2) is 41.7 Å². The smallest absolute Gasteiger partial charge is 0.275 e. The number of hydrogen-bond donors (Lipinski definition) is 1. The monoisotopic (exact) mass is 368 g/mol. The first-order valence-corrected chi connectivity index (χ1v) is 9.54. The third-order valence-electron chi connectivity index (χ3n) is 5.06. The Morgan fingerprint density at radius 3 is 2.81 bits per heavy atom. The largest absolute Gasteiger partial charge is 0.486 e. The fourth-order valence-corrected chi connectivity index (χ4v) is 3.63. The zero-order valence-electron chi connectivity index (χ0n) is 15.5. The summed E-state index contributed by atoms with van der Waals surface area (Å²) in [7, 11) is 0. The van der Waals surface area contributed by atoms with E-state index >= 15 is 0 Å². The maximum Gasteiger partial charge on any atom is 0.275 e. The molecule has 0 radical (unpaired) electrons. The van der Waals surface area contributed by atoms with Crippen molar-refractivity contribution in [3.8, 4) is 11.5 Å². The topological polar surface area (TPSA) is 76.6 Å². The Kier molecular flexibility index (Phi) is 5.09. The molecule has 1 saturated heterocycles. The van der Waals surface area contributed by atoms with Gasteiger partial charge >= 0.3 is 0 Å². The molecular weight excluding hydrogens is 344 g/mol. The Balaban J connectivity index is 1.45. The number of rotatable bonds is 4. The summed E-state index contributed by atoms with van der Waals surface area (Å²) in [4.78, 5) is 23.6. The number of piperidine rings is 1. The van der Waals surface area contributed by atoms with Crippen molar-refractivity contribution < 1.29 is 14.3 Å². The normalized spacial score (nSPS) is 18.9. The van der Waals surface area contributed by atoms with Crippen LogP contribution in [0.1, 0.15) is 43.1 Å². The number of benzene rings is 1. The maximum absolute atomic E-state index is 12.5. The van der Waals surface area contributed by atoms with Crippen molar-refractivity contribution in [3.05, 3.63) is 36.3 Å².